The molecule has 0 unspecified atom stereocenters. The monoisotopic (exact) mass is 250 g/mol. The lowest BCUT2D eigenvalue weighted by Crippen LogP contribution is -2.43. The van der Waals surface area contributed by atoms with Crippen molar-refractivity contribution in [2.45, 2.75) is 18.2 Å². The average Bonchev–Trinajstić information content (AvgIpc) is 2.36. The van der Waals surface area contributed by atoms with E-state index in [0.717, 1.165) is 13.1 Å². The molecule has 1 fully saturated rings. The second kappa shape index (κ2) is 7.04. The normalized spacial score (nSPS) is 17.2. The third-order valence-corrected chi connectivity index (χ3v) is 4.17. The van der Waals surface area contributed by atoms with E-state index >= 15 is 0 Å². The molecule has 0 amide bonds. The molecule has 94 valence electrons. The minimum absolute atomic E-state index is 1.16. The second-order valence-electron chi connectivity index (χ2n) is 4.61. The van der Waals surface area contributed by atoms with Crippen LogP contribution in [0.15, 0.2) is 29.2 Å². The number of rotatable bonds is 5. The maximum Gasteiger partial charge on any atom is 0.0107 e. The van der Waals surface area contributed by atoms with Crippen LogP contribution in [0.5, 0.6) is 0 Å². The zero-order chi connectivity index (χ0) is 11.9. The van der Waals surface area contributed by atoms with Gasteiger partial charge in [-0.05, 0) is 37.8 Å². The fourth-order valence-electron chi connectivity index (χ4n) is 2.12. The molecular weight excluding hydrogens is 228 g/mol. The van der Waals surface area contributed by atoms with Crippen molar-refractivity contribution in [3.63, 3.8) is 0 Å². The van der Waals surface area contributed by atoms with E-state index in [4.69, 9.17) is 0 Å². The Hall–Kier alpha value is -0.510. The van der Waals surface area contributed by atoms with Gasteiger partial charge in [0.2, 0.25) is 0 Å². The van der Waals surface area contributed by atoms with E-state index in [1.165, 1.54) is 42.3 Å². The fourth-order valence-corrected chi connectivity index (χ4v) is 3.07. The first-order valence-electron chi connectivity index (χ1n) is 6.47. The van der Waals surface area contributed by atoms with E-state index in [0.29, 0.717) is 0 Å². The summed E-state index contributed by atoms with van der Waals surface area (Å²) >= 11 is 1.98. The molecule has 0 aromatic heterocycles. The average molecular weight is 250 g/mol. The molecule has 1 heterocycles. The van der Waals surface area contributed by atoms with Crippen LogP contribution >= 0.6 is 11.8 Å². The molecule has 2 rings (SSSR count). The van der Waals surface area contributed by atoms with Crippen LogP contribution < -0.4 is 5.32 Å². The summed E-state index contributed by atoms with van der Waals surface area (Å²) in [6.45, 7) is 8.16. The van der Waals surface area contributed by atoms with Gasteiger partial charge < -0.3 is 10.2 Å². The molecule has 1 saturated heterocycles. The highest BCUT2D eigenvalue weighted by atomic mass is 32.2. The van der Waals surface area contributed by atoms with E-state index in [1.54, 1.807) is 0 Å². The topological polar surface area (TPSA) is 15.3 Å². The molecule has 0 radical (unpaired) electrons. The quantitative estimate of drug-likeness (QED) is 0.638. The molecule has 0 atom stereocenters. The molecule has 0 saturated carbocycles. The van der Waals surface area contributed by atoms with Crippen molar-refractivity contribution in [1.29, 1.82) is 0 Å². The zero-order valence-corrected chi connectivity index (χ0v) is 11.4. The summed E-state index contributed by atoms with van der Waals surface area (Å²) in [7, 11) is 0. The first-order valence-corrected chi connectivity index (χ1v) is 7.46. The van der Waals surface area contributed by atoms with Crippen LogP contribution in [0.1, 0.15) is 12.0 Å². The maximum absolute atomic E-state index is 3.39. The van der Waals surface area contributed by atoms with Gasteiger partial charge in [-0.15, -0.1) is 11.8 Å². The predicted octanol–water partition coefficient (Wildman–Crippen LogP) is 2.38. The van der Waals surface area contributed by atoms with Crippen LogP contribution in [-0.4, -0.2) is 43.4 Å². The van der Waals surface area contributed by atoms with Gasteiger partial charge in [0, 0.05) is 31.1 Å². The molecule has 1 aromatic carbocycles. The summed E-state index contributed by atoms with van der Waals surface area (Å²) in [5.41, 5.74) is 1.36. The van der Waals surface area contributed by atoms with Crippen LogP contribution in [0.25, 0.3) is 0 Å². The Morgan fingerprint density at radius 3 is 2.88 bits per heavy atom. The maximum atomic E-state index is 3.39. The molecule has 1 aromatic rings. The first kappa shape index (κ1) is 12.9. The lowest BCUT2D eigenvalue weighted by molar-refractivity contribution is 0.242. The zero-order valence-electron chi connectivity index (χ0n) is 10.6. The van der Waals surface area contributed by atoms with E-state index < -0.39 is 0 Å². The number of hydrogen-bond donors (Lipinski definition) is 1. The molecule has 0 aliphatic carbocycles. The number of piperazine rings is 1. The minimum atomic E-state index is 1.16. The number of benzene rings is 1. The van der Waals surface area contributed by atoms with E-state index in [9.17, 15) is 0 Å². The molecule has 0 spiro atoms. The Morgan fingerprint density at radius 1 is 1.29 bits per heavy atom. The highest BCUT2D eigenvalue weighted by molar-refractivity contribution is 7.99. The van der Waals surface area contributed by atoms with Crippen molar-refractivity contribution in [1.82, 2.24) is 10.2 Å². The molecular formula is C14H22N2S. The summed E-state index contributed by atoms with van der Waals surface area (Å²) in [5, 5.41) is 3.39. The summed E-state index contributed by atoms with van der Waals surface area (Å²) in [6.07, 6.45) is 1.29. The Morgan fingerprint density at radius 2 is 2.12 bits per heavy atom. The lowest BCUT2D eigenvalue weighted by atomic mass is 10.2. The van der Waals surface area contributed by atoms with Gasteiger partial charge in [-0.1, -0.05) is 17.7 Å². The fraction of sp³-hybridized carbons (Fsp3) is 0.571. The van der Waals surface area contributed by atoms with Crippen molar-refractivity contribution in [2.24, 2.45) is 0 Å². The number of hydrogen-bond acceptors (Lipinski definition) is 3. The van der Waals surface area contributed by atoms with Crippen LogP contribution in [0, 0.1) is 6.92 Å². The summed E-state index contributed by atoms with van der Waals surface area (Å²) in [4.78, 5) is 3.97. The smallest absolute Gasteiger partial charge is 0.0107 e. The van der Waals surface area contributed by atoms with Crippen LogP contribution in [-0.2, 0) is 0 Å². The minimum Gasteiger partial charge on any atom is -0.314 e. The number of aryl methyl sites for hydroxylation is 1. The standard InChI is InChI=1S/C14H22N2S/c1-13-4-2-5-14(12-13)17-11-3-8-16-9-6-15-7-10-16/h2,4-5,12,15H,3,6-11H2,1H3. The third kappa shape index (κ3) is 4.70. The van der Waals surface area contributed by atoms with Gasteiger partial charge in [-0.25, -0.2) is 0 Å². The van der Waals surface area contributed by atoms with Gasteiger partial charge >= 0.3 is 0 Å². The van der Waals surface area contributed by atoms with Crippen molar-refractivity contribution in [2.75, 3.05) is 38.5 Å². The highest BCUT2D eigenvalue weighted by Crippen LogP contribution is 2.19. The molecule has 1 aliphatic rings. The summed E-state index contributed by atoms with van der Waals surface area (Å²) in [6, 6.07) is 8.79. The van der Waals surface area contributed by atoms with Gasteiger partial charge in [0.25, 0.3) is 0 Å². The van der Waals surface area contributed by atoms with E-state index in [2.05, 4.69) is 41.4 Å². The summed E-state index contributed by atoms with van der Waals surface area (Å²) in [5.74, 6) is 1.23. The van der Waals surface area contributed by atoms with Crippen LogP contribution in [0.3, 0.4) is 0 Å². The molecule has 17 heavy (non-hydrogen) atoms. The second-order valence-corrected chi connectivity index (χ2v) is 5.78. The molecule has 3 heteroatoms. The number of nitrogens with one attached hydrogen (secondary N) is 1. The predicted molar refractivity (Wildman–Crippen MR) is 75.8 cm³/mol. The van der Waals surface area contributed by atoms with Gasteiger partial charge in [-0.2, -0.15) is 0 Å². The lowest BCUT2D eigenvalue weighted by Gasteiger charge is -2.26. The number of nitrogens with zero attached hydrogens (tertiary/aromatic N) is 1. The van der Waals surface area contributed by atoms with Crippen LogP contribution in [0.4, 0.5) is 0 Å². The Bertz CT molecular complexity index is 335. The van der Waals surface area contributed by atoms with Gasteiger partial charge in [-0.3, -0.25) is 0 Å². The number of thioether (sulfide) groups is 1. The highest BCUT2D eigenvalue weighted by Gasteiger charge is 2.08. The van der Waals surface area contributed by atoms with E-state index in [1.807, 2.05) is 11.8 Å². The molecule has 1 aliphatic heterocycles. The van der Waals surface area contributed by atoms with Crippen molar-refractivity contribution in [3.05, 3.63) is 29.8 Å². The van der Waals surface area contributed by atoms with Gasteiger partial charge in [0.05, 0.1) is 0 Å². The van der Waals surface area contributed by atoms with Crippen molar-refractivity contribution in [3.8, 4) is 0 Å². The van der Waals surface area contributed by atoms with Crippen molar-refractivity contribution >= 4 is 11.8 Å². The first-order chi connectivity index (χ1) is 8.34. The van der Waals surface area contributed by atoms with Gasteiger partial charge in [0.15, 0.2) is 0 Å². The summed E-state index contributed by atoms with van der Waals surface area (Å²) < 4.78 is 0. The third-order valence-electron chi connectivity index (χ3n) is 3.09. The van der Waals surface area contributed by atoms with Gasteiger partial charge in [0.1, 0.15) is 0 Å². The molecule has 1 N–H and O–H groups in total. The molecule has 0 bridgehead atoms. The van der Waals surface area contributed by atoms with Crippen LogP contribution in [0.2, 0.25) is 0 Å². The Labute approximate surface area is 109 Å². The van der Waals surface area contributed by atoms with Crippen molar-refractivity contribution < 1.29 is 0 Å². The molecule has 2 nitrogen and oxygen atoms in total. The van der Waals surface area contributed by atoms with E-state index in [-0.39, 0.29) is 0 Å². The SMILES string of the molecule is Cc1cccc(SCCCN2CCNCC2)c1. The Kier molecular flexibility index (Phi) is 5.36. The Balaban J connectivity index is 1.62. The largest absolute Gasteiger partial charge is 0.314 e.